The fraction of sp³-hybridized carbons (Fsp3) is 0.650. The molecule has 1 aromatic rings. The molecule has 0 saturated carbocycles. The standard InChI is InChI=1S/C20H33N3O3S/c1-5-23(6-2)27(25,26)19-15-18(8-7-16(19)3)20(24)22-13-10-17(11-14-22)9-12-21-4/h7-8,15,17,21H,5-6,9-14H2,1-4H3. The van der Waals surface area contributed by atoms with Crippen molar-refractivity contribution in [2.75, 3.05) is 39.8 Å². The van der Waals surface area contributed by atoms with E-state index < -0.39 is 10.0 Å². The van der Waals surface area contributed by atoms with Gasteiger partial charge in [0, 0.05) is 31.7 Å². The molecule has 6 nitrogen and oxygen atoms in total. The molecule has 0 aliphatic carbocycles. The van der Waals surface area contributed by atoms with E-state index >= 15 is 0 Å². The van der Waals surface area contributed by atoms with Crippen LogP contribution in [0.3, 0.4) is 0 Å². The SMILES string of the molecule is CCN(CC)S(=O)(=O)c1cc(C(=O)N2CCC(CCNC)CC2)ccc1C. The molecule has 2 rings (SSSR count). The molecule has 1 fully saturated rings. The van der Waals surface area contributed by atoms with Crippen molar-refractivity contribution in [3.05, 3.63) is 29.3 Å². The fourth-order valence-electron chi connectivity index (χ4n) is 3.67. The van der Waals surface area contributed by atoms with Gasteiger partial charge in [0.1, 0.15) is 0 Å². The zero-order valence-corrected chi connectivity index (χ0v) is 17.8. The smallest absolute Gasteiger partial charge is 0.253 e. The van der Waals surface area contributed by atoms with Crippen molar-refractivity contribution in [1.82, 2.24) is 14.5 Å². The number of sulfonamides is 1. The lowest BCUT2D eigenvalue weighted by Crippen LogP contribution is -2.39. The summed E-state index contributed by atoms with van der Waals surface area (Å²) in [5, 5.41) is 3.18. The summed E-state index contributed by atoms with van der Waals surface area (Å²) in [5.74, 6) is 0.580. The highest BCUT2D eigenvalue weighted by Gasteiger charge is 2.27. The molecule has 152 valence electrons. The Bertz CT molecular complexity index is 737. The van der Waals surface area contributed by atoms with E-state index in [1.54, 1.807) is 25.1 Å². The van der Waals surface area contributed by atoms with Gasteiger partial charge in [0.15, 0.2) is 0 Å². The Kier molecular flexibility index (Phi) is 7.82. The molecular formula is C20H33N3O3S. The van der Waals surface area contributed by atoms with Crippen molar-refractivity contribution in [1.29, 1.82) is 0 Å². The first-order valence-electron chi connectivity index (χ1n) is 9.89. The van der Waals surface area contributed by atoms with Crippen molar-refractivity contribution in [3.63, 3.8) is 0 Å². The molecule has 0 spiro atoms. The van der Waals surface area contributed by atoms with E-state index in [1.807, 2.05) is 25.8 Å². The van der Waals surface area contributed by atoms with Crippen LogP contribution in [0.5, 0.6) is 0 Å². The van der Waals surface area contributed by atoms with Crippen molar-refractivity contribution >= 4 is 15.9 Å². The molecule has 1 saturated heterocycles. The van der Waals surface area contributed by atoms with Crippen LogP contribution >= 0.6 is 0 Å². The zero-order valence-electron chi connectivity index (χ0n) is 17.0. The minimum atomic E-state index is -3.58. The molecule has 0 unspecified atom stereocenters. The van der Waals surface area contributed by atoms with E-state index in [4.69, 9.17) is 0 Å². The van der Waals surface area contributed by atoms with Crippen molar-refractivity contribution < 1.29 is 13.2 Å². The third-order valence-corrected chi connectivity index (χ3v) is 7.65. The van der Waals surface area contributed by atoms with Gasteiger partial charge in [0.2, 0.25) is 10.0 Å². The molecular weight excluding hydrogens is 362 g/mol. The monoisotopic (exact) mass is 395 g/mol. The van der Waals surface area contributed by atoms with Crippen LogP contribution in [-0.2, 0) is 10.0 Å². The number of rotatable bonds is 8. The predicted molar refractivity (Wildman–Crippen MR) is 108 cm³/mol. The molecule has 7 heteroatoms. The molecule has 1 heterocycles. The van der Waals surface area contributed by atoms with Gasteiger partial charge in [-0.1, -0.05) is 19.9 Å². The van der Waals surface area contributed by atoms with Gasteiger partial charge in [-0.3, -0.25) is 4.79 Å². The summed E-state index contributed by atoms with van der Waals surface area (Å²) in [4.78, 5) is 15.0. The van der Waals surface area contributed by atoms with E-state index in [1.165, 1.54) is 4.31 Å². The summed E-state index contributed by atoms with van der Waals surface area (Å²) in [6.07, 6.45) is 3.14. The average molecular weight is 396 g/mol. The third kappa shape index (κ3) is 5.09. The molecule has 1 amide bonds. The Morgan fingerprint density at radius 2 is 1.85 bits per heavy atom. The number of carbonyl (C=O) groups is 1. The van der Waals surface area contributed by atoms with Gasteiger partial charge in [-0.15, -0.1) is 0 Å². The van der Waals surface area contributed by atoms with E-state index in [0.29, 0.717) is 30.1 Å². The van der Waals surface area contributed by atoms with Crippen LogP contribution in [0.25, 0.3) is 0 Å². The molecule has 0 bridgehead atoms. The fourth-order valence-corrected chi connectivity index (χ4v) is 5.38. The lowest BCUT2D eigenvalue weighted by molar-refractivity contribution is 0.0687. The topological polar surface area (TPSA) is 69.7 Å². The van der Waals surface area contributed by atoms with Crippen molar-refractivity contribution in [2.24, 2.45) is 5.92 Å². The molecule has 1 aromatic carbocycles. The van der Waals surface area contributed by atoms with Crippen LogP contribution in [0, 0.1) is 12.8 Å². The maximum Gasteiger partial charge on any atom is 0.253 e. The summed E-state index contributed by atoms with van der Waals surface area (Å²) < 4.78 is 27.2. The number of aryl methyl sites for hydroxylation is 1. The van der Waals surface area contributed by atoms with Crippen molar-refractivity contribution in [3.8, 4) is 0 Å². The largest absolute Gasteiger partial charge is 0.339 e. The van der Waals surface area contributed by atoms with Crippen LogP contribution < -0.4 is 5.32 Å². The second-order valence-electron chi connectivity index (χ2n) is 7.20. The van der Waals surface area contributed by atoms with Gasteiger partial charge in [-0.25, -0.2) is 8.42 Å². The van der Waals surface area contributed by atoms with Crippen LogP contribution in [-0.4, -0.2) is 63.3 Å². The number of carbonyl (C=O) groups excluding carboxylic acids is 1. The Balaban J connectivity index is 2.17. The van der Waals surface area contributed by atoms with Gasteiger partial charge in [0.05, 0.1) is 4.90 Å². The summed E-state index contributed by atoms with van der Waals surface area (Å²) in [6, 6.07) is 5.04. The minimum Gasteiger partial charge on any atom is -0.339 e. The highest BCUT2D eigenvalue weighted by Crippen LogP contribution is 2.25. The van der Waals surface area contributed by atoms with Gasteiger partial charge in [0.25, 0.3) is 5.91 Å². The maximum absolute atomic E-state index is 12.9. The van der Waals surface area contributed by atoms with Gasteiger partial charge >= 0.3 is 0 Å². The highest BCUT2D eigenvalue weighted by atomic mass is 32.2. The Labute approximate surface area is 164 Å². The number of hydrogen-bond acceptors (Lipinski definition) is 4. The number of nitrogens with zero attached hydrogens (tertiary/aromatic N) is 2. The van der Waals surface area contributed by atoms with Crippen LogP contribution in [0.1, 0.15) is 49.0 Å². The normalized spacial score (nSPS) is 16.1. The molecule has 0 aromatic heterocycles. The quantitative estimate of drug-likeness (QED) is 0.734. The Hall–Kier alpha value is -1.44. The lowest BCUT2D eigenvalue weighted by Gasteiger charge is -2.32. The summed E-state index contributed by atoms with van der Waals surface area (Å²) in [5.41, 5.74) is 1.13. The first kappa shape index (κ1) is 21.9. The van der Waals surface area contributed by atoms with Crippen molar-refractivity contribution in [2.45, 2.75) is 44.9 Å². The van der Waals surface area contributed by atoms with Crippen LogP contribution in [0.2, 0.25) is 0 Å². The number of nitrogens with one attached hydrogen (secondary N) is 1. The van der Waals surface area contributed by atoms with E-state index in [0.717, 1.165) is 38.9 Å². The molecule has 27 heavy (non-hydrogen) atoms. The maximum atomic E-state index is 12.9. The lowest BCUT2D eigenvalue weighted by atomic mass is 9.93. The molecule has 1 aliphatic heterocycles. The highest BCUT2D eigenvalue weighted by molar-refractivity contribution is 7.89. The average Bonchev–Trinajstić information content (AvgIpc) is 2.67. The predicted octanol–water partition coefficient (Wildman–Crippen LogP) is 2.49. The van der Waals surface area contributed by atoms with Gasteiger partial charge in [-0.05, 0) is 63.4 Å². The molecule has 0 radical (unpaired) electrons. The summed E-state index contributed by atoms with van der Waals surface area (Å²) in [7, 11) is -1.62. The molecule has 0 atom stereocenters. The first-order valence-corrected chi connectivity index (χ1v) is 11.3. The van der Waals surface area contributed by atoms with E-state index in [9.17, 15) is 13.2 Å². The van der Waals surface area contributed by atoms with Crippen LogP contribution in [0.4, 0.5) is 0 Å². The number of likely N-dealkylation sites (tertiary alicyclic amines) is 1. The van der Waals surface area contributed by atoms with E-state index in [-0.39, 0.29) is 10.8 Å². The van der Waals surface area contributed by atoms with Gasteiger partial charge < -0.3 is 10.2 Å². The minimum absolute atomic E-state index is 0.0712. The second-order valence-corrected chi connectivity index (χ2v) is 9.10. The zero-order chi connectivity index (χ0) is 20.0. The number of piperidine rings is 1. The number of amides is 1. The Morgan fingerprint density at radius 3 is 2.41 bits per heavy atom. The van der Waals surface area contributed by atoms with E-state index in [2.05, 4.69) is 5.32 Å². The summed E-state index contributed by atoms with van der Waals surface area (Å²) in [6.45, 7) is 8.72. The first-order chi connectivity index (χ1) is 12.8. The van der Waals surface area contributed by atoms with Gasteiger partial charge in [-0.2, -0.15) is 4.31 Å². The third-order valence-electron chi connectivity index (χ3n) is 5.46. The number of hydrogen-bond donors (Lipinski definition) is 1. The second kappa shape index (κ2) is 9.66. The number of benzene rings is 1. The van der Waals surface area contributed by atoms with Crippen LogP contribution in [0.15, 0.2) is 23.1 Å². The Morgan fingerprint density at radius 1 is 1.22 bits per heavy atom. The summed E-state index contributed by atoms with van der Waals surface area (Å²) >= 11 is 0. The molecule has 1 aliphatic rings. The molecule has 1 N–H and O–H groups in total.